The molecule has 82 valence electrons. The van der Waals surface area contributed by atoms with Gasteiger partial charge in [-0.2, -0.15) is 13.2 Å². The van der Waals surface area contributed by atoms with E-state index in [0.717, 1.165) is 12.1 Å². The molecule has 0 amide bonds. The van der Waals surface area contributed by atoms with Gasteiger partial charge in [0.1, 0.15) is 5.75 Å². The number of halogens is 3. The zero-order chi connectivity index (χ0) is 11.6. The minimum absolute atomic E-state index is 0.257. The Labute approximate surface area is 82.0 Å². The first-order chi connectivity index (χ1) is 6.80. The summed E-state index contributed by atoms with van der Waals surface area (Å²) in [6.07, 6.45) is -5.41. The summed E-state index contributed by atoms with van der Waals surface area (Å²) in [5.41, 5.74) is -1.73. The Balaban J connectivity index is 3.11. The van der Waals surface area contributed by atoms with Crippen molar-refractivity contribution >= 4 is 5.97 Å². The Kier molecular flexibility index (Phi) is 2.83. The van der Waals surface area contributed by atoms with E-state index in [2.05, 4.69) is 4.98 Å². The SMILES string of the molecule is O=C(O)Cc1ccc(O)c(C(F)(F)F)n1. The lowest BCUT2D eigenvalue weighted by atomic mass is 10.2. The van der Waals surface area contributed by atoms with Crippen LogP contribution in [0.25, 0.3) is 0 Å². The summed E-state index contributed by atoms with van der Waals surface area (Å²) in [5.74, 6) is -2.31. The number of hydrogen-bond donors (Lipinski definition) is 2. The maximum atomic E-state index is 12.2. The van der Waals surface area contributed by atoms with Crippen LogP contribution in [-0.4, -0.2) is 21.2 Å². The van der Waals surface area contributed by atoms with Crippen LogP contribution in [0, 0.1) is 0 Å². The molecule has 1 aromatic heterocycles. The Bertz CT molecular complexity index is 389. The molecule has 4 nitrogen and oxygen atoms in total. The lowest BCUT2D eigenvalue weighted by Crippen LogP contribution is -2.11. The number of carbonyl (C=O) groups is 1. The smallest absolute Gasteiger partial charge is 0.437 e. The first-order valence-corrected chi connectivity index (χ1v) is 3.78. The molecule has 0 radical (unpaired) electrons. The highest BCUT2D eigenvalue weighted by Gasteiger charge is 2.36. The van der Waals surface area contributed by atoms with Gasteiger partial charge < -0.3 is 10.2 Å². The number of pyridine rings is 1. The van der Waals surface area contributed by atoms with Crippen LogP contribution in [0.2, 0.25) is 0 Å². The lowest BCUT2D eigenvalue weighted by Gasteiger charge is -2.08. The largest absolute Gasteiger partial charge is 0.506 e. The average molecular weight is 221 g/mol. The Hall–Kier alpha value is -1.79. The number of aromatic hydroxyl groups is 1. The molecule has 0 saturated carbocycles. The highest BCUT2D eigenvalue weighted by molar-refractivity contribution is 5.69. The van der Waals surface area contributed by atoms with Crippen LogP contribution in [0.4, 0.5) is 13.2 Å². The van der Waals surface area contributed by atoms with E-state index in [4.69, 9.17) is 10.2 Å². The van der Waals surface area contributed by atoms with E-state index >= 15 is 0 Å². The van der Waals surface area contributed by atoms with Crippen molar-refractivity contribution in [3.63, 3.8) is 0 Å². The van der Waals surface area contributed by atoms with Crippen molar-refractivity contribution in [3.8, 4) is 5.75 Å². The fraction of sp³-hybridized carbons (Fsp3) is 0.250. The Morgan fingerprint density at radius 3 is 2.47 bits per heavy atom. The third-order valence-electron chi connectivity index (χ3n) is 1.53. The lowest BCUT2D eigenvalue weighted by molar-refractivity contribution is -0.143. The molecule has 1 heterocycles. The van der Waals surface area contributed by atoms with Crippen molar-refractivity contribution in [1.82, 2.24) is 4.98 Å². The van der Waals surface area contributed by atoms with Crippen molar-refractivity contribution in [1.29, 1.82) is 0 Å². The molecule has 1 aromatic rings. The fourth-order valence-electron chi connectivity index (χ4n) is 0.954. The van der Waals surface area contributed by atoms with Gasteiger partial charge in [0.25, 0.3) is 0 Å². The van der Waals surface area contributed by atoms with Crippen LogP contribution in [0.3, 0.4) is 0 Å². The standard InChI is InChI=1S/C8H6F3NO3/c9-8(10,11)7-5(13)2-1-4(12-7)3-6(14)15/h1-2,13H,3H2,(H,14,15). The second kappa shape index (κ2) is 3.76. The number of hydrogen-bond acceptors (Lipinski definition) is 3. The average Bonchev–Trinajstić information content (AvgIpc) is 2.05. The van der Waals surface area contributed by atoms with Crippen LogP contribution in [0.15, 0.2) is 12.1 Å². The number of aliphatic carboxylic acids is 1. The molecule has 15 heavy (non-hydrogen) atoms. The summed E-state index contributed by atoms with van der Waals surface area (Å²) < 4.78 is 36.6. The zero-order valence-corrected chi connectivity index (χ0v) is 7.25. The van der Waals surface area contributed by atoms with Gasteiger partial charge in [0, 0.05) is 0 Å². The normalized spacial score (nSPS) is 11.4. The monoisotopic (exact) mass is 221 g/mol. The van der Waals surface area contributed by atoms with Crippen LogP contribution >= 0.6 is 0 Å². The van der Waals surface area contributed by atoms with Gasteiger partial charge in [-0.05, 0) is 12.1 Å². The number of rotatable bonds is 2. The van der Waals surface area contributed by atoms with Crippen molar-refractivity contribution in [2.24, 2.45) is 0 Å². The van der Waals surface area contributed by atoms with E-state index < -0.39 is 30.0 Å². The summed E-state index contributed by atoms with van der Waals surface area (Å²) in [4.78, 5) is 13.3. The van der Waals surface area contributed by atoms with E-state index in [0.29, 0.717) is 0 Å². The summed E-state index contributed by atoms with van der Waals surface area (Å²) in [6, 6.07) is 1.80. The van der Waals surface area contributed by atoms with Crippen LogP contribution < -0.4 is 0 Å². The molecule has 1 rings (SSSR count). The molecular formula is C8H6F3NO3. The molecule has 0 unspecified atom stereocenters. The van der Waals surface area contributed by atoms with Crippen LogP contribution in [0.1, 0.15) is 11.4 Å². The molecule has 7 heteroatoms. The number of aromatic nitrogens is 1. The van der Waals surface area contributed by atoms with E-state index in [1.165, 1.54) is 0 Å². The number of nitrogens with zero attached hydrogens (tertiary/aromatic N) is 1. The van der Waals surface area contributed by atoms with Crippen LogP contribution in [0.5, 0.6) is 5.75 Å². The highest BCUT2D eigenvalue weighted by atomic mass is 19.4. The predicted molar refractivity (Wildman–Crippen MR) is 42.2 cm³/mol. The summed E-state index contributed by atoms with van der Waals surface area (Å²) in [6.45, 7) is 0. The van der Waals surface area contributed by atoms with Gasteiger partial charge >= 0.3 is 12.1 Å². The van der Waals surface area contributed by atoms with Crippen molar-refractivity contribution < 1.29 is 28.2 Å². The van der Waals surface area contributed by atoms with E-state index in [9.17, 15) is 18.0 Å². The molecule has 2 N–H and O–H groups in total. The summed E-state index contributed by atoms with van der Waals surface area (Å²) >= 11 is 0. The molecular weight excluding hydrogens is 215 g/mol. The molecule has 0 aromatic carbocycles. The minimum Gasteiger partial charge on any atom is -0.506 e. The van der Waals surface area contributed by atoms with Crippen LogP contribution in [-0.2, 0) is 17.4 Å². The van der Waals surface area contributed by atoms with Gasteiger partial charge in [0.2, 0.25) is 0 Å². The molecule has 0 bridgehead atoms. The topological polar surface area (TPSA) is 70.4 Å². The van der Waals surface area contributed by atoms with Gasteiger partial charge in [0.15, 0.2) is 5.69 Å². The first kappa shape index (κ1) is 11.3. The van der Waals surface area contributed by atoms with Crippen molar-refractivity contribution in [3.05, 3.63) is 23.5 Å². The summed E-state index contributed by atoms with van der Waals surface area (Å²) in [5, 5.41) is 17.2. The van der Waals surface area contributed by atoms with Gasteiger partial charge in [-0.3, -0.25) is 4.79 Å². The maximum Gasteiger partial charge on any atom is 0.437 e. The number of carboxylic acid groups (broad SMARTS) is 1. The Morgan fingerprint density at radius 2 is 2.00 bits per heavy atom. The fourth-order valence-corrected chi connectivity index (χ4v) is 0.954. The van der Waals surface area contributed by atoms with Gasteiger partial charge in [-0.1, -0.05) is 0 Å². The van der Waals surface area contributed by atoms with Crippen molar-refractivity contribution in [2.45, 2.75) is 12.6 Å². The molecule has 0 spiro atoms. The number of alkyl halides is 3. The van der Waals surface area contributed by atoms with E-state index in [1.807, 2.05) is 0 Å². The van der Waals surface area contributed by atoms with Gasteiger partial charge in [-0.25, -0.2) is 4.98 Å². The molecule has 0 aliphatic carbocycles. The second-order valence-corrected chi connectivity index (χ2v) is 2.74. The quantitative estimate of drug-likeness (QED) is 0.792. The first-order valence-electron chi connectivity index (χ1n) is 3.78. The molecule has 0 saturated heterocycles. The molecule has 0 aliphatic heterocycles. The molecule has 0 aliphatic rings. The van der Waals surface area contributed by atoms with Crippen molar-refractivity contribution in [2.75, 3.05) is 0 Å². The third kappa shape index (κ3) is 2.83. The highest BCUT2D eigenvalue weighted by Crippen LogP contribution is 2.33. The third-order valence-corrected chi connectivity index (χ3v) is 1.53. The van der Waals surface area contributed by atoms with E-state index in [-0.39, 0.29) is 5.69 Å². The van der Waals surface area contributed by atoms with E-state index in [1.54, 1.807) is 0 Å². The van der Waals surface area contributed by atoms with Gasteiger partial charge in [-0.15, -0.1) is 0 Å². The second-order valence-electron chi connectivity index (χ2n) is 2.74. The molecule has 0 atom stereocenters. The molecule has 0 fully saturated rings. The number of carboxylic acids is 1. The van der Waals surface area contributed by atoms with Gasteiger partial charge in [0.05, 0.1) is 12.1 Å². The maximum absolute atomic E-state index is 12.2. The zero-order valence-electron chi connectivity index (χ0n) is 7.25. The minimum atomic E-state index is -4.79. The predicted octanol–water partition coefficient (Wildman–Crippen LogP) is 1.43. The summed E-state index contributed by atoms with van der Waals surface area (Å²) in [7, 11) is 0. The Morgan fingerprint density at radius 1 is 1.40 bits per heavy atom.